The molecule has 1 rings (SSSR count). The molecule has 0 aliphatic rings. The second kappa shape index (κ2) is 3.31. The first-order chi connectivity index (χ1) is 4.84. The molecular formula is C6H12N4. The molecule has 0 fully saturated rings. The Labute approximate surface area is 60.1 Å². The molecule has 0 atom stereocenters. The van der Waals surface area contributed by atoms with Gasteiger partial charge in [-0.3, -0.25) is 4.68 Å². The van der Waals surface area contributed by atoms with E-state index in [0.29, 0.717) is 6.54 Å². The molecule has 1 aromatic rings. The Morgan fingerprint density at radius 1 is 1.70 bits per heavy atom. The number of nitrogens with zero attached hydrogens (tertiary/aromatic N) is 3. The van der Waals surface area contributed by atoms with E-state index in [1.165, 1.54) is 0 Å². The number of rotatable bonds is 3. The number of hydrogen-bond acceptors (Lipinski definition) is 3. The minimum atomic E-state index is 0.708. The quantitative estimate of drug-likeness (QED) is 0.639. The normalized spacial score (nSPS) is 10.2. The summed E-state index contributed by atoms with van der Waals surface area (Å²) < 4.78 is 1.85. The Morgan fingerprint density at radius 3 is 3.00 bits per heavy atom. The van der Waals surface area contributed by atoms with Crippen LogP contribution in [0.5, 0.6) is 0 Å². The average Bonchev–Trinajstić information content (AvgIpc) is 2.31. The topological polar surface area (TPSA) is 56.7 Å². The maximum atomic E-state index is 5.33. The summed E-state index contributed by atoms with van der Waals surface area (Å²) >= 11 is 0. The van der Waals surface area contributed by atoms with Crippen molar-refractivity contribution in [2.75, 3.05) is 6.54 Å². The Kier molecular flexibility index (Phi) is 2.39. The van der Waals surface area contributed by atoms with Crippen LogP contribution in [0.4, 0.5) is 0 Å². The lowest BCUT2D eigenvalue weighted by Gasteiger charge is -1.99. The van der Waals surface area contributed by atoms with Crippen LogP contribution in [-0.4, -0.2) is 21.3 Å². The van der Waals surface area contributed by atoms with Crippen molar-refractivity contribution in [3.8, 4) is 0 Å². The fourth-order valence-electron chi connectivity index (χ4n) is 0.783. The number of hydrogen-bond donors (Lipinski definition) is 1. The van der Waals surface area contributed by atoms with Crippen molar-refractivity contribution in [3.05, 3.63) is 12.2 Å². The van der Waals surface area contributed by atoms with Crippen molar-refractivity contribution in [3.63, 3.8) is 0 Å². The van der Waals surface area contributed by atoms with Crippen LogP contribution in [-0.2, 0) is 6.54 Å². The predicted octanol–water partition coefficient (Wildman–Crippen LogP) is -0.0647. The molecule has 0 spiro atoms. The summed E-state index contributed by atoms with van der Waals surface area (Å²) in [7, 11) is 0. The van der Waals surface area contributed by atoms with Gasteiger partial charge in [-0.05, 0) is 19.9 Å². The summed E-state index contributed by atoms with van der Waals surface area (Å²) in [6.45, 7) is 3.52. The highest BCUT2D eigenvalue weighted by Gasteiger charge is 1.94. The van der Waals surface area contributed by atoms with Crippen LogP contribution >= 0.6 is 0 Å². The maximum absolute atomic E-state index is 5.33. The summed E-state index contributed by atoms with van der Waals surface area (Å²) in [5, 5.41) is 4.00. The van der Waals surface area contributed by atoms with Gasteiger partial charge in [-0.25, -0.2) is 4.98 Å². The third kappa shape index (κ3) is 1.54. The third-order valence-electron chi connectivity index (χ3n) is 1.38. The average molecular weight is 140 g/mol. The van der Waals surface area contributed by atoms with E-state index in [2.05, 4.69) is 10.1 Å². The molecular weight excluding hydrogens is 128 g/mol. The Hall–Kier alpha value is -0.900. The van der Waals surface area contributed by atoms with E-state index < -0.39 is 0 Å². The lowest BCUT2D eigenvalue weighted by Crippen LogP contribution is -2.08. The van der Waals surface area contributed by atoms with Gasteiger partial charge in [-0.15, -0.1) is 0 Å². The molecule has 0 aromatic carbocycles. The van der Waals surface area contributed by atoms with E-state index in [-0.39, 0.29) is 0 Å². The van der Waals surface area contributed by atoms with Crippen LogP contribution in [0.15, 0.2) is 6.33 Å². The van der Waals surface area contributed by atoms with E-state index in [4.69, 9.17) is 5.73 Å². The van der Waals surface area contributed by atoms with Gasteiger partial charge in [0.2, 0.25) is 0 Å². The van der Waals surface area contributed by atoms with Crippen molar-refractivity contribution in [2.24, 2.45) is 5.73 Å². The molecule has 0 aliphatic carbocycles. The van der Waals surface area contributed by atoms with E-state index in [9.17, 15) is 0 Å². The van der Waals surface area contributed by atoms with Crippen molar-refractivity contribution < 1.29 is 0 Å². The maximum Gasteiger partial charge on any atom is 0.138 e. The largest absolute Gasteiger partial charge is 0.330 e. The molecule has 0 radical (unpaired) electrons. The molecule has 2 N–H and O–H groups in total. The Balaban J connectivity index is 2.49. The zero-order valence-corrected chi connectivity index (χ0v) is 6.12. The zero-order valence-electron chi connectivity index (χ0n) is 6.12. The van der Waals surface area contributed by atoms with Crippen molar-refractivity contribution in [1.82, 2.24) is 14.8 Å². The second-order valence-electron chi connectivity index (χ2n) is 2.17. The van der Waals surface area contributed by atoms with Crippen molar-refractivity contribution >= 4 is 0 Å². The van der Waals surface area contributed by atoms with Gasteiger partial charge in [-0.1, -0.05) is 0 Å². The van der Waals surface area contributed by atoms with Gasteiger partial charge in [0.1, 0.15) is 12.2 Å². The summed E-state index contributed by atoms with van der Waals surface area (Å²) in [5.41, 5.74) is 5.33. The highest BCUT2D eigenvalue weighted by molar-refractivity contribution is 4.77. The fraction of sp³-hybridized carbons (Fsp3) is 0.667. The number of aromatic nitrogens is 3. The second-order valence-corrected chi connectivity index (χ2v) is 2.17. The summed E-state index contributed by atoms with van der Waals surface area (Å²) in [4.78, 5) is 3.98. The van der Waals surface area contributed by atoms with Crippen molar-refractivity contribution in [2.45, 2.75) is 19.9 Å². The molecule has 1 heterocycles. The summed E-state index contributed by atoms with van der Waals surface area (Å²) in [6.07, 6.45) is 2.52. The van der Waals surface area contributed by atoms with E-state index >= 15 is 0 Å². The van der Waals surface area contributed by atoms with Gasteiger partial charge in [0, 0.05) is 6.54 Å². The van der Waals surface area contributed by atoms with E-state index in [0.717, 1.165) is 18.8 Å². The molecule has 0 saturated carbocycles. The van der Waals surface area contributed by atoms with Gasteiger partial charge in [0.15, 0.2) is 0 Å². The standard InChI is InChI=1S/C6H12N4/c1-6-8-5-9-10(6)4-2-3-7/h5H,2-4,7H2,1H3. The van der Waals surface area contributed by atoms with Gasteiger partial charge >= 0.3 is 0 Å². The molecule has 4 heteroatoms. The smallest absolute Gasteiger partial charge is 0.138 e. The monoisotopic (exact) mass is 140 g/mol. The predicted molar refractivity (Wildman–Crippen MR) is 38.4 cm³/mol. The van der Waals surface area contributed by atoms with Crippen LogP contribution < -0.4 is 5.73 Å². The first-order valence-corrected chi connectivity index (χ1v) is 3.39. The zero-order chi connectivity index (χ0) is 7.40. The van der Waals surface area contributed by atoms with Crippen molar-refractivity contribution in [1.29, 1.82) is 0 Å². The highest BCUT2D eigenvalue weighted by Crippen LogP contribution is 1.91. The van der Waals surface area contributed by atoms with Crippen LogP contribution in [0.2, 0.25) is 0 Å². The van der Waals surface area contributed by atoms with Gasteiger partial charge < -0.3 is 5.73 Å². The first kappa shape index (κ1) is 7.21. The molecule has 0 aliphatic heterocycles. The first-order valence-electron chi connectivity index (χ1n) is 3.39. The fourth-order valence-corrected chi connectivity index (χ4v) is 0.783. The lowest BCUT2D eigenvalue weighted by atomic mass is 10.4. The number of nitrogens with two attached hydrogens (primary N) is 1. The SMILES string of the molecule is Cc1ncnn1CCCN. The Morgan fingerprint density at radius 2 is 2.50 bits per heavy atom. The minimum absolute atomic E-state index is 0.708. The van der Waals surface area contributed by atoms with Gasteiger partial charge in [0.25, 0.3) is 0 Å². The van der Waals surface area contributed by atoms with Gasteiger partial charge in [-0.2, -0.15) is 5.10 Å². The van der Waals surface area contributed by atoms with Crippen LogP contribution in [0.25, 0.3) is 0 Å². The summed E-state index contributed by atoms with van der Waals surface area (Å²) in [6, 6.07) is 0. The molecule has 4 nitrogen and oxygen atoms in total. The molecule has 10 heavy (non-hydrogen) atoms. The van der Waals surface area contributed by atoms with Gasteiger partial charge in [0.05, 0.1) is 0 Å². The molecule has 0 saturated heterocycles. The molecule has 0 unspecified atom stereocenters. The number of aryl methyl sites for hydroxylation is 2. The minimum Gasteiger partial charge on any atom is -0.330 e. The molecule has 1 aromatic heterocycles. The summed E-state index contributed by atoms with van der Waals surface area (Å²) in [5.74, 6) is 0.952. The highest BCUT2D eigenvalue weighted by atomic mass is 15.3. The van der Waals surface area contributed by atoms with Crippen LogP contribution in [0, 0.1) is 6.92 Å². The third-order valence-corrected chi connectivity index (χ3v) is 1.38. The Bertz CT molecular complexity index is 193. The van der Waals surface area contributed by atoms with E-state index in [1.807, 2.05) is 11.6 Å². The lowest BCUT2D eigenvalue weighted by molar-refractivity contribution is 0.568. The van der Waals surface area contributed by atoms with Crippen LogP contribution in [0.1, 0.15) is 12.2 Å². The van der Waals surface area contributed by atoms with E-state index in [1.54, 1.807) is 6.33 Å². The molecule has 56 valence electrons. The molecule has 0 bridgehead atoms. The van der Waals surface area contributed by atoms with Crippen LogP contribution in [0.3, 0.4) is 0 Å². The molecule has 0 amide bonds.